The number of benzene rings is 1. The van der Waals surface area contributed by atoms with E-state index in [1.54, 1.807) is 26.2 Å². The zero-order valence-electron chi connectivity index (χ0n) is 11.5. The maximum absolute atomic E-state index is 11.6. The third-order valence-corrected chi connectivity index (χ3v) is 3.54. The van der Waals surface area contributed by atoms with E-state index in [0.29, 0.717) is 22.8 Å². The fourth-order valence-electron chi connectivity index (χ4n) is 1.76. The zero-order valence-corrected chi connectivity index (χ0v) is 13.6. The highest BCUT2D eigenvalue weighted by atomic mass is 127. The molecule has 5 nitrogen and oxygen atoms in total. The van der Waals surface area contributed by atoms with Crippen LogP contribution in [0, 0.1) is 15.9 Å². The van der Waals surface area contributed by atoms with Gasteiger partial charge in [0.2, 0.25) is 0 Å². The van der Waals surface area contributed by atoms with Gasteiger partial charge in [-0.1, -0.05) is 11.1 Å². The molecule has 108 valence electrons. The number of nitrogens with zero attached hydrogens (tertiary/aromatic N) is 1. The van der Waals surface area contributed by atoms with E-state index in [0.717, 1.165) is 9.13 Å². The molecule has 6 heteroatoms. The van der Waals surface area contributed by atoms with Gasteiger partial charge in [-0.2, -0.15) is 0 Å². The molecule has 1 aromatic rings. The van der Waals surface area contributed by atoms with Crippen molar-refractivity contribution in [2.45, 2.75) is 6.92 Å². The topological polar surface area (TPSA) is 57.1 Å². The van der Waals surface area contributed by atoms with Crippen LogP contribution in [0.5, 0.6) is 11.5 Å². The second kappa shape index (κ2) is 6.63. The lowest BCUT2D eigenvalue weighted by molar-refractivity contribution is -0.136. The number of carbonyl (C=O) groups excluding carboxylic acids is 1. The minimum absolute atomic E-state index is 0.158. The summed E-state index contributed by atoms with van der Waals surface area (Å²) < 4.78 is 11.6. The molecule has 0 saturated carbocycles. The van der Waals surface area contributed by atoms with Crippen molar-refractivity contribution in [2.75, 3.05) is 13.7 Å². The SMILES string of the molecule is C#CCOc1c(I)cc(/C=C2/C(=O)ON=C2C)cc1OC. The Bertz CT molecular complexity index is 686. The van der Waals surface area contributed by atoms with Gasteiger partial charge in [-0.3, -0.25) is 0 Å². The number of hydrogen-bond acceptors (Lipinski definition) is 5. The molecule has 0 fully saturated rings. The van der Waals surface area contributed by atoms with Crippen molar-refractivity contribution < 1.29 is 19.1 Å². The number of carbonyl (C=O) groups is 1. The predicted octanol–water partition coefficient (Wildman–Crippen LogP) is 2.63. The minimum atomic E-state index is -0.464. The van der Waals surface area contributed by atoms with E-state index in [1.165, 1.54) is 0 Å². The molecule has 21 heavy (non-hydrogen) atoms. The van der Waals surface area contributed by atoms with Crippen molar-refractivity contribution in [3.8, 4) is 23.8 Å². The largest absolute Gasteiger partial charge is 0.493 e. The quantitative estimate of drug-likeness (QED) is 0.339. The van der Waals surface area contributed by atoms with E-state index in [1.807, 2.05) is 6.07 Å². The average Bonchev–Trinajstić information content (AvgIpc) is 2.77. The molecule has 0 aromatic heterocycles. The standard InChI is InChI=1S/C15H12INO4/c1-4-5-20-14-12(16)7-10(8-13(14)19-3)6-11-9(2)17-21-15(11)18/h1,6-8H,5H2,2-3H3/b11-6+. The molecule has 0 aliphatic carbocycles. The molecule has 0 spiro atoms. The van der Waals surface area contributed by atoms with E-state index in [9.17, 15) is 4.79 Å². The van der Waals surface area contributed by atoms with Crippen LogP contribution in [-0.4, -0.2) is 25.4 Å². The summed E-state index contributed by atoms with van der Waals surface area (Å²) in [5.41, 5.74) is 1.75. The number of oxime groups is 1. The van der Waals surface area contributed by atoms with Gasteiger partial charge < -0.3 is 14.3 Å². The summed E-state index contributed by atoms with van der Waals surface area (Å²) in [5, 5.41) is 3.64. The molecule has 0 amide bonds. The fraction of sp³-hybridized carbons (Fsp3) is 0.200. The van der Waals surface area contributed by atoms with Crippen LogP contribution in [0.4, 0.5) is 0 Å². The monoisotopic (exact) mass is 397 g/mol. The molecule has 1 heterocycles. The summed E-state index contributed by atoms with van der Waals surface area (Å²) >= 11 is 2.12. The summed E-state index contributed by atoms with van der Waals surface area (Å²) in [6.45, 7) is 1.87. The molecule has 0 unspecified atom stereocenters. The maximum Gasteiger partial charge on any atom is 0.367 e. The van der Waals surface area contributed by atoms with E-state index >= 15 is 0 Å². The van der Waals surface area contributed by atoms with Crippen molar-refractivity contribution in [1.29, 1.82) is 0 Å². The first-order chi connectivity index (χ1) is 10.1. The third-order valence-electron chi connectivity index (χ3n) is 2.74. The molecule has 1 aromatic carbocycles. The molecule has 1 aliphatic rings. The molecule has 0 saturated heterocycles. The summed E-state index contributed by atoms with van der Waals surface area (Å²) in [4.78, 5) is 16.2. The predicted molar refractivity (Wildman–Crippen MR) is 87.2 cm³/mol. The number of ether oxygens (including phenoxy) is 2. The van der Waals surface area contributed by atoms with Crippen molar-refractivity contribution in [2.24, 2.45) is 5.16 Å². The molecule has 0 atom stereocenters. The van der Waals surface area contributed by atoms with Crippen LogP contribution in [0.25, 0.3) is 6.08 Å². The smallest absolute Gasteiger partial charge is 0.367 e. The summed E-state index contributed by atoms with van der Waals surface area (Å²) in [6, 6.07) is 3.63. The van der Waals surface area contributed by atoms with Gasteiger partial charge in [-0.15, -0.1) is 6.42 Å². The Morgan fingerprint density at radius 2 is 2.29 bits per heavy atom. The van der Waals surface area contributed by atoms with E-state index in [4.69, 9.17) is 15.9 Å². The van der Waals surface area contributed by atoms with Gasteiger partial charge in [0.15, 0.2) is 11.5 Å². The van der Waals surface area contributed by atoms with Crippen LogP contribution >= 0.6 is 22.6 Å². The average molecular weight is 397 g/mol. The van der Waals surface area contributed by atoms with Crippen LogP contribution in [0.1, 0.15) is 12.5 Å². The lowest BCUT2D eigenvalue weighted by Crippen LogP contribution is -2.03. The molecule has 1 aliphatic heterocycles. The Morgan fingerprint density at radius 1 is 1.52 bits per heavy atom. The Labute approximate surface area is 136 Å². The second-order valence-electron chi connectivity index (χ2n) is 4.14. The first-order valence-electron chi connectivity index (χ1n) is 5.98. The van der Waals surface area contributed by atoms with Crippen molar-refractivity contribution in [3.63, 3.8) is 0 Å². The lowest BCUT2D eigenvalue weighted by Gasteiger charge is -2.12. The number of hydrogen-bond donors (Lipinski definition) is 0. The van der Waals surface area contributed by atoms with Crippen molar-refractivity contribution in [3.05, 3.63) is 26.8 Å². The molecule has 0 radical (unpaired) electrons. The van der Waals surface area contributed by atoms with Crippen LogP contribution in [0.2, 0.25) is 0 Å². The normalized spacial score (nSPS) is 15.4. The Hall–Kier alpha value is -2.01. The number of halogens is 1. The minimum Gasteiger partial charge on any atom is -0.493 e. The number of rotatable bonds is 4. The van der Waals surface area contributed by atoms with Crippen LogP contribution in [-0.2, 0) is 9.63 Å². The van der Waals surface area contributed by atoms with E-state index in [2.05, 4.69) is 38.5 Å². The second-order valence-corrected chi connectivity index (χ2v) is 5.30. The highest BCUT2D eigenvalue weighted by molar-refractivity contribution is 14.1. The zero-order chi connectivity index (χ0) is 15.4. The molecule has 2 rings (SSSR count). The van der Waals surface area contributed by atoms with Crippen LogP contribution in [0.15, 0.2) is 22.9 Å². The maximum atomic E-state index is 11.6. The van der Waals surface area contributed by atoms with Gasteiger partial charge in [-0.25, -0.2) is 4.79 Å². The van der Waals surface area contributed by atoms with E-state index in [-0.39, 0.29) is 6.61 Å². The highest BCUT2D eigenvalue weighted by Crippen LogP contribution is 2.34. The van der Waals surface area contributed by atoms with Gasteiger partial charge in [0, 0.05) is 0 Å². The van der Waals surface area contributed by atoms with Gasteiger partial charge in [0.1, 0.15) is 6.61 Å². The molecule has 0 bridgehead atoms. The number of terminal acetylenes is 1. The first-order valence-corrected chi connectivity index (χ1v) is 7.06. The molecular formula is C15H12INO4. The summed E-state index contributed by atoms with van der Waals surface area (Å²) in [5.74, 6) is 3.07. The van der Waals surface area contributed by atoms with Crippen molar-refractivity contribution >= 4 is 40.3 Å². The Kier molecular flexibility index (Phi) is 4.85. The van der Waals surface area contributed by atoms with Crippen LogP contribution in [0.3, 0.4) is 0 Å². The molecule has 0 N–H and O–H groups in total. The lowest BCUT2D eigenvalue weighted by atomic mass is 10.1. The highest BCUT2D eigenvalue weighted by Gasteiger charge is 2.22. The molecular weight excluding hydrogens is 385 g/mol. The third kappa shape index (κ3) is 3.36. The van der Waals surface area contributed by atoms with Gasteiger partial charge in [0.25, 0.3) is 0 Å². The van der Waals surface area contributed by atoms with E-state index < -0.39 is 5.97 Å². The van der Waals surface area contributed by atoms with Crippen LogP contribution < -0.4 is 9.47 Å². The van der Waals surface area contributed by atoms with Gasteiger partial charge >= 0.3 is 5.97 Å². The first kappa shape index (κ1) is 15.4. The number of methoxy groups -OCH3 is 1. The fourth-order valence-corrected chi connectivity index (χ4v) is 2.54. The Balaban J connectivity index is 2.41. The summed E-state index contributed by atoms with van der Waals surface area (Å²) in [6.07, 6.45) is 6.89. The Morgan fingerprint density at radius 3 is 2.86 bits per heavy atom. The van der Waals surface area contributed by atoms with Gasteiger partial charge in [0.05, 0.1) is 22.0 Å². The van der Waals surface area contributed by atoms with Crippen molar-refractivity contribution in [1.82, 2.24) is 0 Å². The summed E-state index contributed by atoms with van der Waals surface area (Å²) in [7, 11) is 1.54. The van der Waals surface area contributed by atoms with Gasteiger partial charge in [-0.05, 0) is 53.3 Å².